The number of nitrogens with two attached hydrogens (primary N) is 1. The van der Waals surface area contributed by atoms with Gasteiger partial charge in [-0.1, -0.05) is 0 Å². The molecular weight excluding hydrogens is 510 g/mol. The summed E-state index contributed by atoms with van der Waals surface area (Å²) in [5.41, 5.74) is 4.90. The number of hydrogen-bond acceptors (Lipinski definition) is 7. The third-order valence-corrected chi connectivity index (χ3v) is 6.96. The smallest absolute Gasteiger partial charge is 0.282 e. The number of halogens is 2. The number of rotatable bonds is 12. The normalized spacial score (nSPS) is 17.7. The minimum absolute atomic E-state index is 0.00628. The number of carbonyl (C=O) groups excluding carboxylic acids is 2. The van der Waals surface area contributed by atoms with Gasteiger partial charge in [-0.15, -0.1) is 0 Å². The summed E-state index contributed by atoms with van der Waals surface area (Å²) in [5.74, 6) is -0.161. The molecule has 0 radical (unpaired) electrons. The molecule has 1 unspecified atom stereocenters. The van der Waals surface area contributed by atoms with Crippen molar-refractivity contribution in [3.8, 4) is 0 Å². The van der Waals surface area contributed by atoms with Gasteiger partial charge in [0.05, 0.1) is 17.9 Å². The number of nitrogens with zero attached hydrogens (tertiary/aromatic N) is 4. The molecule has 4 rings (SSSR count). The Labute approximate surface area is 224 Å². The number of anilines is 1. The zero-order chi connectivity index (χ0) is 28.3. The van der Waals surface area contributed by atoms with Gasteiger partial charge in [0, 0.05) is 17.8 Å². The Morgan fingerprint density at radius 3 is 2.44 bits per heavy atom. The van der Waals surface area contributed by atoms with Crippen LogP contribution in [0.2, 0.25) is 0 Å². The van der Waals surface area contributed by atoms with Crippen LogP contribution >= 0.6 is 0 Å². The Bertz CT molecular complexity index is 1300. The molecule has 2 aliphatic rings. The topological polar surface area (TPSA) is 160 Å². The summed E-state index contributed by atoms with van der Waals surface area (Å²) in [5, 5.41) is 15.4. The lowest BCUT2D eigenvalue weighted by atomic mass is 9.88. The van der Waals surface area contributed by atoms with E-state index >= 15 is 0 Å². The second kappa shape index (κ2) is 11.9. The largest absolute Gasteiger partial charge is 0.405 e. The zero-order valence-corrected chi connectivity index (χ0v) is 22.1. The Balaban J connectivity index is 1.54. The third kappa shape index (κ3) is 6.95. The van der Waals surface area contributed by atoms with E-state index in [1.165, 1.54) is 29.4 Å². The van der Waals surface area contributed by atoms with Crippen molar-refractivity contribution < 1.29 is 18.4 Å². The monoisotopic (exact) mass is 544 g/mol. The van der Waals surface area contributed by atoms with E-state index in [-0.39, 0.29) is 29.1 Å². The van der Waals surface area contributed by atoms with Gasteiger partial charge in [0.2, 0.25) is 5.91 Å². The number of hydrogen-bond donors (Lipinski definition) is 4. The standard InChI is InChI=1S/C26H34F2N8O3/c1-13(2)31-19(8-9-29)25(38)33-22(21(15-4-5-15)16-6-7-16)26(39)32-17-11-30-36(12-17)14(3)18-10-20(23(27)28)34-35-24(18)37/h8-16,21-23H,4-7,29H2,1-3H3,(H,32,39)(H,33,38)(H,35,37)/t14?,22-/m0/s1. The lowest BCUT2D eigenvalue weighted by Crippen LogP contribution is -2.51. The highest BCUT2D eigenvalue weighted by Crippen LogP contribution is 2.50. The van der Waals surface area contributed by atoms with Crippen LogP contribution in [0.5, 0.6) is 0 Å². The minimum Gasteiger partial charge on any atom is -0.405 e. The van der Waals surface area contributed by atoms with Gasteiger partial charge in [0.1, 0.15) is 17.4 Å². The molecule has 0 spiro atoms. The van der Waals surface area contributed by atoms with Crippen molar-refractivity contribution in [1.82, 2.24) is 25.3 Å². The second-order valence-corrected chi connectivity index (χ2v) is 10.4. The van der Waals surface area contributed by atoms with E-state index < -0.39 is 35.7 Å². The molecule has 13 heteroatoms. The lowest BCUT2D eigenvalue weighted by Gasteiger charge is -2.27. The van der Waals surface area contributed by atoms with Gasteiger partial charge < -0.3 is 16.4 Å². The molecule has 2 fully saturated rings. The number of aromatic amines is 1. The molecule has 0 bridgehead atoms. The number of nitrogens with one attached hydrogen (secondary N) is 3. The van der Waals surface area contributed by atoms with Crippen LogP contribution in [0.1, 0.15) is 70.2 Å². The van der Waals surface area contributed by atoms with Crippen LogP contribution in [0.3, 0.4) is 0 Å². The van der Waals surface area contributed by atoms with Gasteiger partial charge in [-0.25, -0.2) is 13.9 Å². The highest BCUT2D eigenvalue weighted by Gasteiger charge is 2.48. The highest BCUT2D eigenvalue weighted by atomic mass is 19.3. The molecule has 2 aliphatic carbocycles. The molecule has 2 amide bonds. The van der Waals surface area contributed by atoms with Gasteiger partial charge in [-0.3, -0.25) is 24.1 Å². The Kier molecular flexibility index (Phi) is 8.56. The molecule has 11 nitrogen and oxygen atoms in total. The van der Waals surface area contributed by atoms with Crippen molar-refractivity contribution in [3.05, 3.63) is 52.3 Å². The average Bonchev–Trinajstić information content (AvgIpc) is 3.83. The maximum Gasteiger partial charge on any atom is 0.282 e. The predicted octanol–water partition coefficient (Wildman–Crippen LogP) is 2.69. The number of H-pyrrole nitrogens is 1. The van der Waals surface area contributed by atoms with E-state index in [2.05, 4.69) is 30.9 Å². The van der Waals surface area contributed by atoms with Crippen LogP contribution in [0, 0.1) is 17.8 Å². The van der Waals surface area contributed by atoms with Crippen LogP contribution in [-0.2, 0) is 9.59 Å². The summed E-state index contributed by atoms with van der Waals surface area (Å²) in [4.78, 5) is 43.3. The van der Waals surface area contributed by atoms with Crippen LogP contribution in [-0.4, -0.2) is 49.6 Å². The van der Waals surface area contributed by atoms with Crippen LogP contribution < -0.4 is 21.9 Å². The molecule has 0 aromatic carbocycles. The van der Waals surface area contributed by atoms with E-state index in [9.17, 15) is 23.2 Å². The highest BCUT2D eigenvalue weighted by molar-refractivity contribution is 6.43. The van der Waals surface area contributed by atoms with Crippen molar-refractivity contribution in [2.24, 2.45) is 28.5 Å². The van der Waals surface area contributed by atoms with Crippen LogP contribution in [0.25, 0.3) is 0 Å². The van der Waals surface area contributed by atoms with Gasteiger partial charge >= 0.3 is 0 Å². The zero-order valence-electron chi connectivity index (χ0n) is 22.1. The summed E-state index contributed by atoms with van der Waals surface area (Å²) in [6.45, 7) is 5.30. The third-order valence-electron chi connectivity index (χ3n) is 6.96. The van der Waals surface area contributed by atoms with E-state index in [1.54, 1.807) is 6.92 Å². The van der Waals surface area contributed by atoms with Gasteiger partial charge in [0.25, 0.3) is 17.9 Å². The molecule has 2 atom stereocenters. The summed E-state index contributed by atoms with van der Waals surface area (Å²) < 4.78 is 27.6. The number of aliphatic imine (C=N–C) groups is 1. The fourth-order valence-electron chi connectivity index (χ4n) is 4.83. The first-order valence-electron chi connectivity index (χ1n) is 13.1. The molecule has 2 aromatic heterocycles. The first-order valence-corrected chi connectivity index (χ1v) is 13.1. The van der Waals surface area contributed by atoms with Gasteiger partial charge in [-0.05, 0) is 82.6 Å². The van der Waals surface area contributed by atoms with Crippen molar-refractivity contribution in [2.75, 3.05) is 5.32 Å². The number of aromatic nitrogens is 4. The predicted molar refractivity (Wildman–Crippen MR) is 141 cm³/mol. The number of alkyl halides is 2. The van der Waals surface area contributed by atoms with Crippen molar-refractivity contribution >= 4 is 23.2 Å². The second-order valence-electron chi connectivity index (χ2n) is 10.4. The maximum atomic E-state index is 13.6. The first kappa shape index (κ1) is 28.1. The maximum absolute atomic E-state index is 13.6. The van der Waals surface area contributed by atoms with E-state index in [0.29, 0.717) is 17.5 Å². The molecular formula is C26H34F2N8O3. The van der Waals surface area contributed by atoms with Gasteiger partial charge in [0.15, 0.2) is 0 Å². The molecule has 0 aliphatic heterocycles. The van der Waals surface area contributed by atoms with E-state index in [1.807, 2.05) is 13.8 Å². The van der Waals surface area contributed by atoms with Crippen molar-refractivity contribution in [2.45, 2.75) is 71.0 Å². The minimum atomic E-state index is -2.84. The van der Waals surface area contributed by atoms with Crippen molar-refractivity contribution in [1.29, 1.82) is 0 Å². The summed E-state index contributed by atoms with van der Waals surface area (Å²) in [7, 11) is 0. The number of carbonyl (C=O) groups is 2. The molecule has 0 saturated heterocycles. The summed E-state index contributed by atoms with van der Waals surface area (Å²) >= 11 is 0. The van der Waals surface area contributed by atoms with Crippen LogP contribution in [0.4, 0.5) is 14.5 Å². The molecule has 2 heterocycles. The van der Waals surface area contributed by atoms with Crippen molar-refractivity contribution in [3.63, 3.8) is 0 Å². The Morgan fingerprint density at radius 2 is 1.87 bits per heavy atom. The average molecular weight is 545 g/mol. The SMILES string of the molecule is CC(C)N=C(C=CN)C(=O)N[C@H](C(=O)Nc1cnn(C(C)c2cc(C(F)F)n[nH]c2=O)c1)C(C1CC1)C1CC1. The van der Waals surface area contributed by atoms with E-state index in [4.69, 9.17) is 5.73 Å². The first-order chi connectivity index (χ1) is 18.6. The fraction of sp³-hybridized carbons (Fsp3) is 0.538. The molecule has 210 valence electrons. The summed E-state index contributed by atoms with van der Waals surface area (Å²) in [6.07, 6.45) is 6.75. The molecule has 2 aromatic rings. The number of amides is 2. The Hall–Kier alpha value is -3.90. The molecule has 5 N–H and O–H groups in total. The lowest BCUT2D eigenvalue weighted by molar-refractivity contribution is -0.124. The molecule has 2 saturated carbocycles. The molecule has 39 heavy (non-hydrogen) atoms. The van der Waals surface area contributed by atoms with E-state index in [0.717, 1.165) is 31.7 Å². The fourth-order valence-corrected chi connectivity index (χ4v) is 4.83. The van der Waals surface area contributed by atoms with Crippen LogP contribution in [0.15, 0.2) is 40.5 Å². The van der Waals surface area contributed by atoms with Gasteiger partial charge in [-0.2, -0.15) is 10.2 Å². The Morgan fingerprint density at radius 1 is 1.21 bits per heavy atom. The quantitative estimate of drug-likeness (QED) is 0.301. The summed E-state index contributed by atoms with van der Waals surface area (Å²) in [6, 6.07) is -0.603.